The van der Waals surface area contributed by atoms with Crippen LogP contribution in [-0.2, 0) is 23.7 Å². The van der Waals surface area contributed by atoms with Crippen molar-refractivity contribution in [1.82, 2.24) is 5.32 Å². The number of carbonyl (C=O) groups excluding carboxylic acids is 1. The van der Waals surface area contributed by atoms with Crippen LogP contribution in [0.5, 0.6) is 0 Å². The Morgan fingerprint density at radius 1 is 0.420 bits per heavy atom. The third-order valence-electron chi connectivity index (χ3n) is 14.9. The maximum Gasteiger partial charge on any atom is 0.220 e. The highest BCUT2D eigenvalue weighted by molar-refractivity contribution is 5.76. The molecule has 14 heteroatoms. The van der Waals surface area contributed by atoms with Crippen LogP contribution >= 0.6 is 0 Å². The first kappa shape index (κ1) is 79.4. The molecular weight excluding hydrogens is 1110 g/mol. The predicted octanol–water partition coefficient (Wildman–Crippen LogP) is 13.2. The third-order valence-corrected chi connectivity index (χ3v) is 14.9. The molecule has 0 saturated carbocycles. The Balaban J connectivity index is 1.64. The Kier molecular flexibility index (Phi) is 50.9. The fourth-order valence-electron chi connectivity index (χ4n) is 9.56. The van der Waals surface area contributed by atoms with Crippen molar-refractivity contribution >= 4 is 5.91 Å². The van der Waals surface area contributed by atoms with Crippen LogP contribution in [0.3, 0.4) is 0 Å². The van der Waals surface area contributed by atoms with Gasteiger partial charge in [0.2, 0.25) is 5.91 Å². The smallest absolute Gasteiger partial charge is 0.220 e. The van der Waals surface area contributed by atoms with E-state index in [-0.39, 0.29) is 18.9 Å². The molecule has 0 aromatic carbocycles. The van der Waals surface area contributed by atoms with Crippen LogP contribution in [0.25, 0.3) is 0 Å². The number of aliphatic hydroxyl groups excluding tert-OH is 8. The van der Waals surface area contributed by atoms with Crippen LogP contribution < -0.4 is 5.32 Å². The number of unbranched alkanes of at least 4 members (excludes halogenated alkanes) is 12. The average Bonchev–Trinajstić information content (AvgIpc) is 2.45. The minimum absolute atomic E-state index is 0.245. The molecule has 0 aliphatic carbocycles. The summed E-state index contributed by atoms with van der Waals surface area (Å²) in [5, 5.41) is 87.1. The van der Waals surface area contributed by atoms with E-state index in [9.17, 15) is 45.6 Å². The molecule has 88 heavy (non-hydrogen) atoms. The maximum atomic E-state index is 13.3. The van der Waals surface area contributed by atoms with Crippen molar-refractivity contribution in [3.63, 3.8) is 0 Å². The van der Waals surface area contributed by atoms with Gasteiger partial charge in [0.25, 0.3) is 0 Å². The van der Waals surface area contributed by atoms with E-state index in [1.165, 1.54) is 19.3 Å². The molecule has 2 fully saturated rings. The number of amides is 1. The molecular formula is C74H117NO13. The van der Waals surface area contributed by atoms with E-state index in [2.05, 4.69) is 177 Å². The zero-order valence-corrected chi connectivity index (χ0v) is 53.6. The first-order chi connectivity index (χ1) is 43.1. The van der Waals surface area contributed by atoms with Gasteiger partial charge < -0.3 is 65.1 Å². The number of aliphatic hydroxyl groups is 8. The average molecular weight is 1230 g/mol. The number of allylic oxidation sites excluding steroid dienone is 27. The van der Waals surface area contributed by atoms with Gasteiger partial charge in [-0.2, -0.15) is 0 Å². The fourth-order valence-corrected chi connectivity index (χ4v) is 9.56. The highest BCUT2D eigenvalue weighted by Gasteiger charge is 2.51. The van der Waals surface area contributed by atoms with Crippen LogP contribution in [0.1, 0.15) is 194 Å². The summed E-state index contributed by atoms with van der Waals surface area (Å²) in [7, 11) is 0. The van der Waals surface area contributed by atoms with Gasteiger partial charge in [-0.3, -0.25) is 4.79 Å². The lowest BCUT2D eigenvalue weighted by atomic mass is 9.97. The fraction of sp³-hybridized carbons (Fsp3) is 0.608. The van der Waals surface area contributed by atoms with Crippen LogP contribution in [0.2, 0.25) is 0 Å². The molecule has 0 spiro atoms. The summed E-state index contributed by atoms with van der Waals surface area (Å²) in [5.74, 6) is -0.274. The molecule has 2 saturated heterocycles. The Labute approximate surface area is 530 Å². The molecule has 0 bridgehead atoms. The van der Waals surface area contributed by atoms with Gasteiger partial charge in [0.1, 0.15) is 48.8 Å². The minimum atomic E-state index is -1.80. The summed E-state index contributed by atoms with van der Waals surface area (Å²) in [6.45, 7) is 2.58. The van der Waals surface area contributed by atoms with Crippen molar-refractivity contribution in [3.05, 3.63) is 170 Å². The number of nitrogens with one attached hydrogen (secondary N) is 1. The van der Waals surface area contributed by atoms with Gasteiger partial charge in [0.15, 0.2) is 12.6 Å². The summed E-state index contributed by atoms with van der Waals surface area (Å²) in [4.78, 5) is 13.3. The minimum Gasteiger partial charge on any atom is -0.394 e. The van der Waals surface area contributed by atoms with Crippen LogP contribution in [-0.4, -0.2) is 140 Å². The van der Waals surface area contributed by atoms with Gasteiger partial charge in [0.05, 0.1) is 32.0 Å². The van der Waals surface area contributed by atoms with E-state index in [0.717, 1.165) is 141 Å². The first-order valence-corrected chi connectivity index (χ1v) is 33.4. The van der Waals surface area contributed by atoms with Gasteiger partial charge in [0, 0.05) is 6.42 Å². The summed E-state index contributed by atoms with van der Waals surface area (Å²) < 4.78 is 22.7. The standard InChI is InChI=1S/C74H117NO13/c1-3-5-7-9-11-13-15-17-18-19-20-21-22-23-24-25-26-27-28-29-30-31-32-33-34-35-36-37-38-39-40-41-42-43-44-46-48-50-52-54-56-58-66(79)75-62(63(78)57-55-53-51-49-47-45-16-14-12-10-8-6-4-2)61-85-73-71(84)69(82)72(65(60-77)87-73)88-74-70(83)68(81)67(80)64(59-76)86-74/h5,7,11-14,17-18,20-21,23-24,26-27,29-30,32-33,35-36,38-39,41-42,47,49,55,57,62-65,67-74,76-78,80-84H,3-4,6,8-10,15-16,19,22,25,28,31,34,37,40,43-46,48,50-54,56,58-61H2,1-2H3,(H,75,79)/b7-5-,13-11-,14-12+,18-17-,21-20-,24-23-,27-26-,30-29-,33-32-,36-35-,39-38-,42-41-,49-47+,57-55+. The molecule has 2 aliphatic heterocycles. The van der Waals surface area contributed by atoms with E-state index in [1.807, 2.05) is 6.08 Å². The van der Waals surface area contributed by atoms with Gasteiger partial charge >= 0.3 is 0 Å². The Hall–Kier alpha value is -4.65. The summed E-state index contributed by atoms with van der Waals surface area (Å²) in [5.41, 5.74) is 0. The number of carbonyl (C=O) groups is 1. The maximum absolute atomic E-state index is 13.3. The monoisotopic (exact) mass is 1230 g/mol. The molecule has 0 aromatic heterocycles. The molecule has 2 heterocycles. The Bertz CT molecular complexity index is 2130. The van der Waals surface area contributed by atoms with Crippen molar-refractivity contribution in [3.8, 4) is 0 Å². The quantitative estimate of drug-likeness (QED) is 0.0204. The van der Waals surface area contributed by atoms with E-state index >= 15 is 0 Å². The lowest BCUT2D eigenvalue weighted by Crippen LogP contribution is -2.65. The number of ether oxygens (including phenoxy) is 4. The van der Waals surface area contributed by atoms with Crippen molar-refractivity contribution in [2.24, 2.45) is 0 Å². The highest BCUT2D eigenvalue weighted by Crippen LogP contribution is 2.30. The second-order valence-electron chi connectivity index (χ2n) is 22.5. The Morgan fingerprint density at radius 2 is 0.795 bits per heavy atom. The van der Waals surface area contributed by atoms with Crippen LogP contribution in [0.4, 0.5) is 0 Å². The lowest BCUT2D eigenvalue weighted by Gasteiger charge is -2.46. The number of hydrogen-bond acceptors (Lipinski definition) is 13. The summed E-state index contributed by atoms with van der Waals surface area (Å²) in [6.07, 6.45) is 71.3. The zero-order chi connectivity index (χ0) is 63.8. The van der Waals surface area contributed by atoms with E-state index in [0.29, 0.717) is 12.8 Å². The molecule has 14 nitrogen and oxygen atoms in total. The SMILES string of the molecule is CC/C=C\C/C=C\C/C=C\C/C=C\C/C=C\C/C=C\C/C=C\C/C=C\C/C=C\C/C=C\C/C=C\CCCCCCCCCC(=O)NC(COC1OC(CO)C(OC2OC(CO)C(O)C(O)C2O)C(O)C1O)C(O)/C=C/CC/C=C/CC/C=C/CCCCC. The van der Waals surface area contributed by atoms with Gasteiger partial charge in [-0.25, -0.2) is 0 Å². The lowest BCUT2D eigenvalue weighted by molar-refractivity contribution is -0.359. The van der Waals surface area contributed by atoms with Crippen molar-refractivity contribution < 1.29 is 64.6 Å². The van der Waals surface area contributed by atoms with Crippen LogP contribution in [0, 0.1) is 0 Å². The van der Waals surface area contributed by atoms with Crippen molar-refractivity contribution in [1.29, 1.82) is 0 Å². The van der Waals surface area contributed by atoms with Gasteiger partial charge in [-0.05, 0) is 128 Å². The number of rotatable bonds is 51. The second kappa shape index (κ2) is 56.3. The second-order valence-corrected chi connectivity index (χ2v) is 22.5. The molecule has 2 rings (SSSR count). The molecule has 12 atom stereocenters. The largest absolute Gasteiger partial charge is 0.394 e. The molecule has 9 N–H and O–H groups in total. The van der Waals surface area contributed by atoms with Crippen molar-refractivity contribution in [2.75, 3.05) is 19.8 Å². The molecule has 0 aromatic rings. The van der Waals surface area contributed by atoms with Gasteiger partial charge in [-0.15, -0.1) is 0 Å². The normalized spacial score (nSPS) is 24.3. The van der Waals surface area contributed by atoms with E-state index in [1.54, 1.807) is 6.08 Å². The molecule has 1 amide bonds. The van der Waals surface area contributed by atoms with Crippen LogP contribution in [0.15, 0.2) is 170 Å². The zero-order valence-electron chi connectivity index (χ0n) is 53.6. The first-order valence-electron chi connectivity index (χ1n) is 33.4. The van der Waals surface area contributed by atoms with Gasteiger partial charge in [-0.1, -0.05) is 229 Å². The molecule has 496 valence electrons. The molecule has 2 aliphatic rings. The number of hydrogen-bond donors (Lipinski definition) is 9. The Morgan fingerprint density at radius 3 is 1.25 bits per heavy atom. The predicted molar refractivity (Wildman–Crippen MR) is 359 cm³/mol. The topological polar surface area (TPSA) is 228 Å². The highest BCUT2D eigenvalue weighted by atomic mass is 16.7. The molecule has 12 unspecified atom stereocenters. The van der Waals surface area contributed by atoms with E-state index < -0.39 is 86.8 Å². The third kappa shape index (κ3) is 40.2. The van der Waals surface area contributed by atoms with Crippen molar-refractivity contribution in [2.45, 2.75) is 267 Å². The summed E-state index contributed by atoms with van der Waals surface area (Å²) in [6, 6.07) is -0.956. The molecule has 0 radical (unpaired) electrons. The summed E-state index contributed by atoms with van der Waals surface area (Å²) >= 11 is 0. The van der Waals surface area contributed by atoms with E-state index in [4.69, 9.17) is 18.9 Å².